The predicted octanol–water partition coefficient (Wildman–Crippen LogP) is 3.40. The van der Waals surface area contributed by atoms with Crippen molar-refractivity contribution in [1.82, 2.24) is 20.7 Å². The summed E-state index contributed by atoms with van der Waals surface area (Å²) < 4.78 is 2.23. The molecule has 0 saturated heterocycles. The van der Waals surface area contributed by atoms with Gasteiger partial charge in [0.15, 0.2) is 0 Å². The molecule has 0 fully saturated rings. The minimum atomic E-state index is 0. The number of hydrogen-bond donors (Lipinski definition) is 1. The molecule has 0 saturated carbocycles. The molecule has 4 heteroatoms. The topological polar surface area (TPSA) is 65.7 Å². The second-order valence-electron chi connectivity index (χ2n) is 4.80. The van der Waals surface area contributed by atoms with E-state index in [2.05, 4.69) is 40.5 Å². The number of nitrogens with zero attached hydrogens (tertiary/aromatic N) is 3. The summed E-state index contributed by atoms with van der Waals surface area (Å²) in [6.45, 7) is 5.43. The van der Waals surface area contributed by atoms with Gasteiger partial charge in [-0.25, -0.2) is 4.98 Å². The van der Waals surface area contributed by atoms with E-state index in [1.54, 1.807) is 0 Å². The first-order valence-corrected chi connectivity index (χ1v) is 5.94. The van der Waals surface area contributed by atoms with E-state index in [0.29, 0.717) is 5.92 Å². The molecule has 4 nitrogen and oxygen atoms in total. The third-order valence-corrected chi connectivity index (χ3v) is 2.91. The van der Waals surface area contributed by atoms with Crippen molar-refractivity contribution in [3.8, 4) is 0 Å². The highest BCUT2D eigenvalue weighted by Crippen LogP contribution is 2.23. The number of pyridine rings is 1. The first-order valence-electron chi connectivity index (χ1n) is 5.94. The van der Waals surface area contributed by atoms with Crippen LogP contribution in [-0.2, 0) is 6.54 Å². The van der Waals surface area contributed by atoms with E-state index < -0.39 is 0 Å². The molecular weight excluding hydrogens is 224 g/mol. The Morgan fingerprint density at radius 1 is 1.11 bits per heavy atom. The van der Waals surface area contributed by atoms with Crippen molar-refractivity contribution in [2.24, 2.45) is 5.92 Å². The molecule has 0 amide bonds. The van der Waals surface area contributed by atoms with E-state index in [-0.39, 0.29) is 6.15 Å². The zero-order valence-corrected chi connectivity index (χ0v) is 10.8. The number of hydrogen-bond acceptors (Lipinski definition) is 3. The van der Waals surface area contributed by atoms with E-state index in [0.717, 1.165) is 17.6 Å². The molecule has 0 atom stereocenters. The molecule has 0 aliphatic heterocycles. The second kappa shape index (κ2) is 4.74. The lowest BCUT2D eigenvalue weighted by Gasteiger charge is -2.08. The SMILES string of the molecule is CC(C)Cn1cnc2cnc3ccccc3c21.N. The first-order chi connectivity index (χ1) is 8.25. The van der Waals surface area contributed by atoms with Gasteiger partial charge in [-0.05, 0) is 12.0 Å². The summed E-state index contributed by atoms with van der Waals surface area (Å²) in [4.78, 5) is 8.85. The molecule has 0 bridgehead atoms. The quantitative estimate of drug-likeness (QED) is 0.749. The standard InChI is InChI=1S/C14H15N3.H3N/c1-10(2)8-17-9-16-13-7-15-12-6-4-3-5-11(12)14(13)17;/h3-7,9-10H,8H2,1-2H3;1H3. The van der Waals surface area contributed by atoms with Crippen LogP contribution in [0.25, 0.3) is 21.9 Å². The summed E-state index contributed by atoms with van der Waals surface area (Å²) in [7, 11) is 0. The Morgan fingerprint density at radius 3 is 2.67 bits per heavy atom. The molecule has 0 spiro atoms. The lowest BCUT2D eigenvalue weighted by Crippen LogP contribution is -2.03. The van der Waals surface area contributed by atoms with Crippen LogP contribution in [0.4, 0.5) is 0 Å². The van der Waals surface area contributed by atoms with Crippen LogP contribution in [0.5, 0.6) is 0 Å². The van der Waals surface area contributed by atoms with Gasteiger partial charge in [-0.1, -0.05) is 32.0 Å². The van der Waals surface area contributed by atoms with Crippen molar-refractivity contribution < 1.29 is 0 Å². The zero-order chi connectivity index (χ0) is 11.8. The highest BCUT2D eigenvalue weighted by Gasteiger charge is 2.08. The number of rotatable bonds is 2. The largest absolute Gasteiger partial charge is 0.344 e. The van der Waals surface area contributed by atoms with E-state index >= 15 is 0 Å². The molecule has 0 unspecified atom stereocenters. The first kappa shape index (κ1) is 12.5. The van der Waals surface area contributed by atoms with Gasteiger partial charge in [0, 0.05) is 11.9 Å². The molecule has 94 valence electrons. The average molecular weight is 242 g/mol. The summed E-state index contributed by atoms with van der Waals surface area (Å²) in [5.41, 5.74) is 3.21. The van der Waals surface area contributed by atoms with Gasteiger partial charge in [0.2, 0.25) is 0 Å². The Balaban J connectivity index is 0.00000120. The Bertz CT molecular complexity index is 670. The number of benzene rings is 1. The van der Waals surface area contributed by atoms with Crippen molar-refractivity contribution in [3.63, 3.8) is 0 Å². The Hall–Kier alpha value is -1.94. The molecule has 3 N–H and O–H groups in total. The Morgan fingerprint density at radius 2 is 1.89 bits per heavy atom. The molecule has 18 heavy (non-hydrogen) atoms. The summed E-state index contributed by atoms with van der Waals surface area (Å²) in [6.07, 6.45) is 3.77. The zero-order valence-electron chi connectivity index (χ0n) is 10.8. The monoisotopic (exact) mass is 242 g/mol. The highest BCUT2D eigenvalue weighted by molar-refractivity contribution is 6.01. The van der Waals surface area contributed by atoms with Gasteiger partial charge in [0.1, 0.15) is 5.52 Å². The number of fused-ring (bicyclic) bond motifs is 3. The van der Waals surface area contributed by atoms with Crippen LogP contribution in [-0.4, -0.2) is 14.5 Å². The molecule has 0 aliphatic rings. The van der Waals surface area contributed by atoms with E-state index in [1.165, 1.54) is 10.9 Å². The van der Waals surface area contributed by atoms with Gasteiger partial charge in [0.05, 0.1) is 23.6 Å². The smallest absolute Gasteiger partial charge is 0.107 e. The van der Waals surface area contributed by atoms with Crippen LogP contribution >= 0.6 is 0 Å². The van der Waals surface area contributed by atoms with Gasteiger partial charge in [-0.2, -0.15) is 0 Å². The molecule has 1 aromatic carbocycles. The second-order valence-corrected chi connectivity index (χ2v) is 4.80. The van der Waals surface area contributed by atoms with Gasteiger partial charge in [-0.3, -0.25) is 4.98 Å². The molecule has 3 rings (SSSR count). The number of para-hydroxylation sites is 1. The molecule has 2 heterocycles. The van der Waals surface area contributed by atoms with Gasteiger partial charge >= 0.3 is 0 Å². The van der Waals surface area contributed by atoms with Crippen LogP contribution in [0, 0.1) is 5.92 Å². The van der Waals surface area contributed by atoms with Crippen LogP contribution in [0.1, 0.15) is 13.8 Å². The van der Waals surface area contributed by atoms with Crippen molar-refractivity contribution in [2.45, 2.75) is 20.4 Å². The normalized spacial score (nSPS) is 11.1. The summed E-state index contributed by atoms with van der Waals surface area (Å²) in [5.74, 6) is 0.610. The Kier molecular flexibility index (Phi) is 3.30. The number of imidazole rings is 1. The fourth-order valence-corrected chi connectivity index (χ4v) is 2.23. The molecule has 0 radical (unpaired) electrons. The van der Waals surface area contributed by atoms with Gasteiger partial charge < -0.3 is 10.7 Å². The molecule has 3 aromatic rings. The average Bonchev–Trinajstić information content (AvgIpc) is 2.72. The maximum absolute atomic E-state index is 4.43. The van der Waals surface area contributed by atoms with E-state index in [1.807, 2.05) is 24.7 Å². The lowest BCUT2D eigenvalue weighted by molar-refractivity contribution is 0.533. The minimum Gasteiger partial charge on any atom is -0.344 e. The van der Waals surface area contributed by atoms with Crippen LogP contribution in [0.2, 0.25) is 0 Å². The fraction of sp³-hybridized carbons (Fsp3) is 0.286. The van der Waals surface area contributed by atoms with Gasteiger partial charge in [0.25, 0.3) is 0 Å². The summed E-state index contributed by atoms with van der Waals surface area (Å²) in [6, 6.07) is 8.23. The van der Waals surface area contributed by atoms with Crippen LogP contribution in [0.3, 0.4) is 0 Å². The van der Waals surface area contributed by atoms with Crippen molar-refractivity contribution in [3.05, 3.63) is 36.8 Å². The third kappa shape index (κ3) is 1.95. The minimum absolute atomic E-state index is 0. The lowest BCUT2D eigenvalue weighted by atomic mass is 10.2. The van der Waals surface area contributed by atoms with E-state index in [9.17, 15) is 0 Å². The van der Waals surface area contributed by atoms with Crippen LogP contribution in [0.15, 0.2) is 36.8 Å². The van der Waals surface area contributed by atoms with Crippen molar-refractivity contribution in [2.75, 3.05) is 0 Å². The van der Waals surface area contributed by atoms with E-state index in [4.69, 9.17) is 0 Å². The summed E-state index contributed by atoms with van der Waals surface area (Å²) >= 11 is 0. The van der Waals surface area contributed by atoms with Crippen molar-refractivity contribution >= 4 is 21.9 Å². The molecular formula is C14H18N4. The van der Waals surface area contributed by atoms with Gasteiger partial charge in [-0.15, -0.1) is 0 Å². The summed E-state index contributed by atoms with van der Waals surface area (Å²) in [5, 5.41) is 1.18. The molecule has 0 aliphatic carbocycles. The highest BCUT2D eigenvalue weighted by atomic mass is 15.0. The third-order valence-electron chi connectivity index (χ3n) is 2.91. The maximum Gasteiger partial charge on any atom is 0.107 e. The predicted molar refractivity (Wildman–Crippen MR) is 74.9 cm³/mol. The Labute approximate surface area is 106 Å². The number of aromatic nitrogens is 3. The fourth-order valence-electron chi connectivity index (χ4n) is 2.23. The van der Waals surface area contributed by atoms with Crippen molar-refractivity contribution in [1.29, 1.82) is 0 Å². The maximum atomic E-state index is 4.43. The van der Waals surface area contributed by atoms with Crippen LogP contribution < -0.4 is 6.15 Å². The molecule has 2 aromatic heterocycles.